The number of methoxy groups -OCH3 is 1. The molecule has 0 radical (unpaired) electrons. The molecule has 108 valence electrons. The first-order valence-electron chi connectivity index (χ1n) is 6.19. The molecule has 6 nitrogen and oxygen atoms in total. The predicted molar refractivity (Wildman–Crippen MR) is 79.5 cm³/mol. The van der Waals surface area contributed by atoms with E-state index in [9.17, 15) is 5.11 Å². The Morgan fingerprint density at radius 3 is 2.58 bits per heavy atom. The van der Waals surface area contributed by atoms with Gasteiger partial charge < -0.3 is 20.5 Å². The van der Waals surface area contributed by atoms with Crippen molar-refractivity contribution in [2.45, 2.75) is 25.9 Å². The minimum absolute atomic E-state index is 0.386. The SMILES string of the molecule is CCNc1ncnc(NCC(C)(O)CCOC)c1Br. The molecule has 0 aliphatic heterocycles. The second-order valence-corrected chi connectivity index (χ2v) is 5.30. The van der Waals surface area contributed by atoms with Gasteiger partial charge in [0.15, 0.2) is 0 Å². The van der Waals surface area contributed by atoms with Crippen molar-refractivity contribution in [3.63, 3.8) is 0 Å². The van der Waals surface area contributed by atoms with Gasteiger partial charge in [-0.05, 0) is 29.8 Å². The van der Waals surface area contributed by atoms with Crippen LogP contribution in [-0.4, -0.2) is 47.5 Å². The van der Waals surface area contributed by atoms with Crippen LogP contribution in [-0.2, 0) is 4.74 Å². The second kappa shape index (κ2) is 7.62. The van der Waals surface area contributed by atoms with Crippen molar-refractivity contribution in [2.75, 3.05) is 37.4 Å². The highest BCUT2D eigenvalue weighted by Crippen LogP contribution is 2.26. The molecular weight excluding hydrogens is 312 g/mol. The van der Waals surface area contributed by atoms with Gasteiger partial charge in [-0.15, -0.1) is 0 Å². The largest absolute Gasteiger partial charge is 0.388 e. The van der Waals surface area contributed by atoms with Crippen LogP contribution < -0.4 is 10.6 Å². The van der Waals surface area contributed by atoms with E-state index in [2.05, 4.69) is 36.5 Å². The van der Waals surface area contributed by atoms with Crippen LogP contribution in [0, 0.1) is 0 Å². The van der Waals surface area contributed by atoms with Crippen LogP contribution in [0.15, 0.2) is 10.8 Å². The first-order valence-corrected chi connectivity index (χ1v) is 6.99. The van der Waals surface area contributed by atoms with Crippen molar-refractivity contribution in [2.24, 2.45) is 0 Å². The van der Waals surface area contributed by atoms with Gasteiger partial charge in [-0.1, -0.05) is 0 Å². The van der Waals surface area contributed by atoms with Gasteiger partial charge in [-0.25, -0.2) is 9.97 Å². The molecule has 0 amide bonds. The van der Waals surface area contributed by atoms with Crippen LogP contribution in [0.5, 0.6) is 0 Å². The Bertz CT molecular complexity index is 401. The number of ether oxygens (including phenoxy) is 1. The summed E-state index contributed by atoms with van der Waals surface area (Å²) in [5.41, 5.74) is -0.848. The molecule has 1 atom stereocenters. The summed E-state index contributed by atoms with van der Waals surface area (Å²) in [4.78, 5) is 8.28. The lowest BCUT2D eigenvalue weighted by atomic mass is 10.0. The number of halogens is 1. The van der Waals surface area contributed by atoms with Gasteiger partial charge in [-0.3, -0.25) is 0 Å². The van der Waals surface area contributed by atoms with E-state index >= 15 is 0 Å². The summed E-state index contributed by atoms with van der Waals surface area (Å²) < 4.78 is 5.74. The molecule has 0 saturated heterocycles. The molecule has 1 unspecified atom stereocenters. The molecule has 1 heterocycles. The highest BCUT2D eigenvalue weighted by molar-refractivity contribution is 9.10. The molecule has 0 bridgehead atoms. The number of hydrogen-bond donors (Lipinski definition) is 3. The number of aliphatic hydroxyl groups is 1. The van der Waals surface area contributed by atoms with E-state index < -0.39 is 5.60 Å². The van der Waals surface area contributed by atoms with E-state index in [0.717, 1.165) is 16.8 Å². The molecule has 1 rings (SSSR count). The van der Waals surface area contributed by atoms with Crippen molar-refractivity contribution in [1.29, 1.82) is 0 Å². The average molecular weight is 333 g/mol. The van der Waals surface area contributed by atoms with Crippen LogP contribution >= 0.6 is 15.9 Å². The van der Waals surface area contributed by atoms with Crippen molar-refractivity contribution < 1.29 is 9.84 Å². The van der Waals surface area contributed by atoms with E-state index in [0.29, 0.717) is 25.4 Å². The normalized spacial score (nSPS) is 13.9. The van der Waals surface area contributed by atoms with Crippen molar-refractivity contribution in [3.05, 3.63) is 10.8 Å². The lowest BCUT2D eigenvalue weighted by Crippen LogP contribution is -2.35. The molecule has 0 saturated carbocycles. The van der Waals surface area contributed by atoms with Gasteiger partial charge in [0.2, 0.25) is 0 Å². The highest BCUT2D eigenvalue weighted by atomic mass is 79.9. The van der Waals surface area contributed by atoms with Crippen molar-refractivity contribution in [3.8, 4) is 0 Å². The number of anilines is 2. The van der Waals surface area contributed by atoms with E-state index in [1.807, 2.05) is 6.92 Å². The van der Waals surface area contributed by atoms with Gasteiger partial charge in [0.25, 0.3) is 0 Å². The quantitative estimate of drug-likeness (QED) is 0.674. The van der Waals surface area contributed by atoms with Crippen LogP contribution in [0.3, 0.4) is 0 Å². The molecule has 3 N–H and O–H groups in total. The van der Waals surface area contributed by atoms with Crippen molar-refractivity contribution in [1.82, 2.24) is 9.97 Å². The summed E-state index contributed by atoms with van der Waals surface area (Å²) in [6.45, 7) is 5.44. The molecule has 19 heavy (non-hydrogen) atoms. The van der Waals surface area contributed by atoms with Gasteiger partial charge in [0, 0.05) is 33.2 Å². The van der Waals surface area contributed by atoms with E-state index in [-0.39, 0.29) is 0 Å². The fraction of sp³-hybridized carbons (Fsp3) is 0.667. The maximum atomic E-state index is 10.2. The maximum Gasteiger partial charge on any atom is 0.146 e. The highest BCUT2D eigenvalue weighted by Gasteiger charge is 2.20. The Morgan fingerprint density at radius 2 is 2.00 bits per heavy atom. The summed E-state index contributed by atoms with van der Waals surface area (Å²) in [6, 6.07) is 0. The first kappa shape index (κ1) is 16.1. The minimum Gasteiger partial charge on any atom is -0.388 e. The number of hydrogen-bond acceptors (Lipinski definition) is 6. The molecule has 7 heteroatoms. The van der Waals surface area contributed by atoms with E-state index in [4.69, 9.17) is 4.74 Å². The van der Waals surface area contributed by atoms with Crippen LogP contribution in [0.1, 0.15) is 20.3 Å². The second-order valence-electron chi connectivity index (χ2n) is 4.51. The molecule has 1 aromatic rings. The third-order valence-corrected chi connectivity index (χ3v) is 3.37. The lowest BCUT2D eigenvalue weighted by Gasteiger charge is -2.24. The van der Waals surface area contributed by atoms with E-state index in [1.165, 1.54) is 6.33 Å². The number of aromatic nitrogens is 2. The summed E-state index contributed by atoms with van der Waals surface area (Å²) >= 11 is 3.45. The van der Waals surface area contributed by atoms with Crippen LogP contribution in [0.2, 0.25) is 0 Å². The fourth-order valence-corrected chi connectivity index (χ4v) is 1.95. The van der Waals surface area contributed by atoms with Gasteiger partial charge in [0.1, 0.15) is 22.4 Å². The summed E-state index contributed by atoms with van der Waals surface area (Å²) in [7, 11) is 1.62. The molecule has 0 spiro atoms. The minimum atomic E-state index is -0.848. The zero-order valence-corrected chi connectivity index (χ0v) is 13.1. The smallest absolute Gasteiger partial charge is 0.146 e. The number of nitrogens with zero attached hydrogens (tertiary/aromatic N) is 2. The third kappa shape index (κ3) is 5.30. The summed E-state index contributed by atoms with van der Waals surface area (Å²) in [5.74, 6) is 1.39. The standard InChI is InChI=1S/C12H21BrN4O2/c1-4-14-10-9(13)11(17-8-16-10)15-7-12(2,18)5-6-19-3/h8,18H,4-7H2,1-3H3,(H2,14,15,16,17). The van der Waals surface area contributed by atoms with Crippen LogP contribution in [0.4, 0.5) is 11.6 Å². The van der Waals surface area contributed by atoms with Crippen molar-refractivity contribution >= 4 is 27.6 Å². The molecule has 0 aromatic carbocycles. The Hall–Kier alpha value is -0.920. The Morgan fingerprint density at radius 1 is 1.37 bits per heavy atom. The Kier molecular flexibility index (Phi) is 6.47. The monoisotopic (exact) mass is 332 g/mol. The Labute approximate surface area is 122 Å². The van der Waals surface area contributed by atoms with Gasteiger partial charge in [0.05, 0.1) is 5.60 Å². The third-order valence-electron chi connectivity index (χ3n) is 2.62. The first-order chi connectivity index (χ1) is 9.00. The molecule has 0 fully saturated rings. The zero-order valence-electron chi connectivity index (χ0n) is 11.5. The number of nitrogens with one attached hydrogen (secondary N) is 2. The lowest BCUT2D eigenvalue weighted by molar-refractivity contribution is 0.0357. The Balaban J connectivity index is 2.64. The zero-order chi connectivity index (χ0) is 14.3. The molecule has 0 aliphatic carbocycles. The fourth-order valence-electron chi connectivity index (χ4n) is 1.47. The van der Waals surface area contributed by atoms with Crippen LogP contribution in [0.25, 0.3) is 0 Å². The van der Waals surface area contributed by atoms with E-state index in [1.54, 1.807) is 14.0 Å². The summed E-state index contributed by atoms with van der Waals surface area (Å²) in [6.07, 6.45) is 2.04. The maximum absolute atomic E-state index is 10.2. The molecule has 0 aliphatic rings. The van der Waals surface area contributed by atoms with Gasteiger partial charge >= 0.3 is 0 Å². The topological polar surface area (TPSA) is 79.3 Å². The van der Waals surface area contributed by atoms with Gasteiger partial charge in [-0.2, -0.15) is 0 Å². The summed E-state index contributed by atoms with van der Waals surface area (Å²) in [5, 5.41) is 16.4. The predicted octanol–water partition coefficient (Wildman–Crippen LogP) is 1.87. The molecule has 1 aromatic heterocycles. The number of rotatable bonds is 8. The average Bonchev–Trinajstić information content (AvgIpc) is 2.38. The molecular formula is C12H21BrN4O2.